The number of pyridine rings is 1. The van der Waals surface area contributed by atoms with Gasteiger partial charge in [0.25, 0.3) is 11.6 Å². The smallest absolute Gasteiger partial charge is 0.296 e. The van der Waals surface area contributed by atoms with Crippen molar-refractivity contribution in [2.24, 2.45) is 0 Å². The molecule has 2 rings (SSSR count). The van der Waals surface area contributed by atoms with E-state index in [4.69, 9.17) is 0 Å². The van der Waals surface area contributed by atoms with Crippen molar-refractivity contribution in [2.45, 2.75) is 0 Å². The second kappa shape index (κ2) is 5.49. The Kier molecular flexibility index (Phi) is 3.74. The molecule has 0 atom stereocenters. The Morgan fingerprint density at radius 3 is 2.62 bits per heavy atom. The maximum atomic E-state index is 13.6. The summed E-state index contributed by atoms with van der Waals surface area (Å²) in [4.78, 5) is 35.0. The van der Waals surface area contributed by atoms with Crippen molar-refractivity contribution in [1.29, 1.82) is 0 Å². The lowest BCUT2D eigenvalue weighted by atomic mass is 10.2. The van der Waals surface area contributed by atoms with Gasteiger partial charge in [-0.1, -0.05) is 0 Å². The highest BCUT2D eigenvalue weighted by Crippen LogP contribution is 2.29. The predicted octanol–water partition coefficient (Wildman–Crippen LogP) is 1.81. The number of amides is 1. The van der Waals surface area contributed by atoms with Gasteiger partial charge in [-0.3, -0.25) is 19.7 Å². The van der Waals surface area contributed by atoms with Crippen molar-refractivity contribution in [3.8, 4) is 0 Å². The molecule has 0 saturated heterocycles. The fraction of sp³-hybridized carbons (Fsp3) is 0. The second-order valence-corrected chi connectivity index (χ2v) is 3.91. The van der Waals surface area contributed by atoms with Gasteiger partial charge in [-0.15, -0.1) is 0 Å². The number of nitrogens with zero attached hydrogens (tertiary/aromatic N) is 1. The molecule has 108 valence electrons. The Hall–Kier alpha value is -3.10. The maximum absolute atomic E-state index is 13.6. The number of nitro groups is 1. The van der Waals surface area contributed by atoms with Gasteiger partial charge in [0.1, 0.15) is 0 Å². The minimum atomic E-state index is -1.55. The van der Waals surface area contributed by atoms with Crippen LogP contribution in [0.5, 0.6) is 0 Å². The number of rotatable bonds is 3. The first-order valence-electron chi connectivity index (χ1n) is 5.52. The predicted molar refractivity (Wildman–Crippen MR) is 68.0 cm³/mol. The second-order valence-electron chi connectivity index (χ2n) is 3.91. The van der Waals surface area contributed by atoms with E-state index in [1.807, 2.05) is 5.32 Å². The summed E-state index contributed by atoms with van der Waals surface area (Å²) >= 11 is 0. The number of aromatic nitrogens is 1. The molecule has 0 saturated carbocycles. The SMILES string of the molecule is O=C(Nc1c([N+](=O)[O-])ccc(F)c1F)c1cc[nH]c(=O)c1. The molecule has 0 aliphatic carbocycles. The number of H-pyrrole nitrogens is 1. The van der Waals surface area contributed by atoms with E-state index in [2.05, 4.69) is 4.98 Å². The molecule has 7 nitrogen and oxygen atoms in total. The molecule has 2 aromatic rings. The molecule has 0 radical (unpaired) electrons. The Balaban J connectivity index is 2.44. The van der Waals surface area contributed by atoms with Crippen LogP contribution in [0.1, 0.15) is 10.4 Å². The van der Waals surface area contributed by atoms with Crippen molar-refractivity contribution in [1.82, 2.24) is 4.98 Å². The number of aromatic amines is 1. The molecule has 1 aromatic carbocycles. The van der Waals surface area contributed by atoms with Crippen LogP contribution in [-0.2, 0) is 0 Å². The Bertz CT molecular complexity index is 788. The largest absolute Gasteiger partial charge is 0.329 e. The van der Waals surface area contributed by atoms with Gasteiger partial charge in [-0.25, -0.2) is 8.78 Å². The standard InChI is InChI=1S/C12H7F2N3O4/c13-7-1-2-8(17(20)21)11(10(7)14)16-12(19)6-3-4-15-9(18)5-6/h1-5H,(H,15,18)(H,16,19). The molecule has 1 amide bonds. The van der Waals surface area contributed by atoms with E-state index in [9.17, 15) is 28.5 Å². The number of nitrogens with one attached hydrogen (secondary N) is 2. The molecule has 9 heteroatoms. The topological polar surface area (TPSA) is 105 Å². The van der Waals surface area contributed by atoms with Gasteiger partial charge < -0.3 is 10.3 Å². The van der Waals surface area contributed by atoms with Crippen LogP contribution in [0, 0.1) is 21.7 Å². The van der Waals surface area contributed by atoms with Crippen molar-refractivity contribution in [3.63, 3.8) is 0 Å². The lowest BCUT2D eigenvalue weighted by Crippen LogP contribution is -2.17. The number of anilines is 1. The van der Waals surface area contributed by atoms with Gasteiger partial charge in [0.2, 0.25) is 5.56 Å². The summed E-state index contributed by atoms with van der Waals surface area (Å²) in [5, 5.41) is 12.7. The maximum Gasteiger partial charge on any atom is 0.296 e. The third-order valence-corrected chi connectivity index (χ3v) is 2.55. The first-order chi connectivity index (χ1) is 9.90. The van der Waals surface area contributed by atoms with E-state index in [1.54, 1.807) is 0 Å². The van der Waals surface area contributed by atoms with E-state index >= 15 is 0 Å². The van der Waals surface area contributed by atoms with Gasteiger partial charge in [0.05, 0.1) is 4.92 Å². The monoisotopic (exact) mass is 295 g/mol. The molecule has 0 unspecified atom stereocenters. The van der Waals surface area contributed by atoms with Crippen LogP contribution < -0.4 is 10.9 Å². The number of benzene rings is 1. The highest BCUT2D eigenvalue weighted by atomic mass is 19.2. The van der Waals surface area contributed by atoms with Crippen molar-refractivity contribution in [2.75, 3.05) is 5.32 Å². The molecule has 2 N–H and O–H groups in total. The highest BCUT2D eigenvalue weighted by Gasteiger charge is 2.23. The van der Waals surface area contributed by atoms with Gasteiger partial charge >= 0.3 is 0 Å². The number of nitro benzene ring substituents is 1. The average molecular weight is 295 g/mol. The first kappa shape index (κ1) is 14.3. The molecule has 0 bridgehead atoms. The van der Waals surface area contributed by atoms with E-state index < -0.39 is 39.4 Å². The van der Waals surface area contributed by atoms with Gasteiger partial charge in [-0.2, -0.15) is 0 Å². The number of halogens is 2. The van der Waals surface area contributed by atoms with E-state index in [1.165, 1.54) is 12.3 Å². The number of hydrogen-bond acceptors (Lipinski definition) is 4. The Morgan fingerprint density at radius 2 is 2.00 bits per heavy atom. The lowest BCUT2D eigenvalue weighted by molar-refractivity contribution is -0.384. The summed E-state index contributed by atoms with van der Waals surface area (Å²) in [5.74, 6) is -3.88. The van der Waals surface area contributed by atoms with E-state index in [-0.39, 0.29) is 5.56 Å². The summed E-state index contributed by atoms with van der Waals surface area (Å²) in [6.07, 6.45) is 1.17. The zero-order valence-electron chi connectivity index (χ0n) is 10.2. The molecule has 21 heavy (non-hydrogen) atoms. The fourth-order valence-electron chi connectivity index (χ4n) is 1.58. The van der Waals surface area contributed by atoms with E-state index in [0.717, 1.165) is 12.1 Å². The molecule has 1 aromatic heterocycles. The van der Waals surface area contributed by atoms with Crippen LogP contribution in [0.15, 0.2) is 35.3 Å². The Morgan fingerprint density at radius 1 is 1.29 bits per heavy atom. The zero-order valence-corrected chi connectivity index (χ0v) is 10.2. The quantitative estimate of drug-likeness (QED) is 0.665. The first-order valence-corrected chi connectivity index (χ1v) is 5.52. The number of carbonyl (C=O) groups excluding carboxylic acids is 1. The molecular formula is C12H7F2N3O4. The molecule has 0 fully saturated rings. The van der Waals surface area contributed by atoms with E-state index in [0.29, 0.717) is 6.07 Å². The molecule has 0 spiro atoms. The Labute approximate surface area is 115 Å². The zero-order chi connectivity index (χ0) is 15.6. The van der Waals surface area contributed by atoms with Gasteiger partial charge in [0.15, 0.2) is 17.3 Å². The summed E-state index contributed by atoms with van der Waals surface area (Å²) < 4.78 is 26.8. The average Bonchev–Trinajstić information content (AvgIpc) is 2.43. The minimum absolute atomic E-state index is 0.156. The molecule has 0 aliphatic heterocycles. The molecule has 1 heterocycles. The van der Waals surface area contributed by atoms with Crippen molar-refractivity contribution >= 4 is 17.3 Å². The van der Waals surface area contributed by atoms with Crippen LogP contribution in [0.2, 0.25) is 0 Å². The van der Waals surface area contributed by atoms with Crippen molar-refractivity contribution < 1.29 is 18.5 Å². The van der Waals surface area contributed by atoms with Crippen LogP contribution in [0.25, 0.3) is 0 Å². The van der Waals surface area contributed by atoms with Crippen LogP contribution in [0.3, 0.4) is 0 Å². The van der Waals surface area contributed by atoms with Crippen LogP contribution in [-0.4, -0.2) is 15.8 Å². The highest BCUT2D eigenvalue weighted by molar-refractivity contribution is 6.05. The summed E-state index contributed by atoms with van der Waals surface area (Å²) in [5.41, 5.74) is -2.44. The summed E-state index contributed by atoms with van der Waals surface area (Å²) in [7, 11) is 0. The van der Waals surface area contributed by atoms with Gasteiger partial charge in [0, 0.05) is 23.9 Å². The normalized spacial score (nSPS) is 10.2. The minimum Gasteiger partial charge on any atom is -0.329 e. The fourth-order valence-corrected chi connectivity index (χ4v) is 1.58. The number of carbonyl (C=O) groups is 1. The van der Waals surface area contributed by atoms with Crippen molar-refractivity contribution in [3.05, 3.63) is 68.1 Å². The van der Waals surface area contributed by atoms with Crippen LogP contribution in [0.4, 0.5) is 20.2 Å². The third kappa shape index (κ3) is 2.91. The molecular weight excluding hydrogens is 288 g/mol. The summed E-state index contributed by atoms with van der Waals surface area (Å²) in [6, 6.07) is 3.43. The number of hydrogen-bond donors (Lipinski definition) is 2. The third-order valence-electron chi connectivity index (χ3n) is 2.55. The van der Waals surface area contributed by atoms with Gasteiger partial charge in [-0.05, 0) is 12.1 Å². The summed E-state index contributed by atoms with van der Waals surface area (Å²) in [6.45, 7) is 0. The molecule has 0 aliphatic rings. The lowest BCUT2D eigenvalue weighted by Gasteiger charge is -2.07. The van der Waals surface area contributed by atoms with Crippen LogP contribution >= 0.6 is 0 Å².